The SMILES string of the molecule is O=C(O)Cc1cnc(-c2ccncc2)s1. The third-order valence-corrected chi connectivity index (χ3v) is 2.85. The van der Waals surface area contributed by atoms with Crippen LogP contribution in [0.25, 0.3) is 10.6 Å². The molecule has 0 amide bonds. The zero-order valence-corrected chi connectivity index (χ0v) is 8.57. The van der Waals surface area contributed by atoms with Crippen molar-refractivity contribution in [1.82, 2.24) is 9.97 Å². The first-order valence-corrected chi connectivity index (χ1v) is 5.14. The molecule has 0 spiro atoms. The van der Waals surface area contributed by atoms with Crippen molar-refractivity contribution in [1.29, 1.82) is 0 Å². The van der Waals surface area contributed by atoms with Gasteiger partial charge in [-0.2, -0.15) is 0 Å². The summed E-state index contributed by atoms with van der Waals surface area (Å²) in [6, 6.07) is 3.70. The molecule has 0 saturated heterocycles. The minimum Gasteiger partial charge on any atom is -0.481 e. The van der Waals surface area contributed by atoms with Gasteiger partial charge in [-0.05, 0) is 12.1 Å². The summed E-state index contributed by atoms with van der Waals surface area (Å²) in [6.07, 6.45) is 5.01. The van der Waals surface area contributed by atoms with E-state index in [9.17, 15) is 4.79 Å². The van der Waals surface area contributed by atoms with Gasteiger partial charge in [0, 0.05) is 29.0 Å². The maximum Gasteiger partial charge on any atom is 0.308 e. The first-order chi connectivity index (χ1) is 7.25. The van der Waals surface area contributed by atoms with Gasteiger partial charge in [0.1, 0.15) is 5.01 Å². The molecule has 1 N–H and O–H groups in total. The molecule has 0 aliphatic rings. The maximum atomic E-state index is 10.5. The Hall–Kier alpha value is -1.75. The molecule has 0 aromatic carbocycles. The summed E-state index contributed by atoms with van der Waals surface area (Å²) < 4.78 is 0. The topological polar surface area (TPSA) is 63.1 Å². The van der Waals surface area contributed by atoms with Crippen LogP contribution in [0.2, 0.25) is 0 Å². The van der Waals surface area contributed by atoms with Crippen LogP contribution in [0.5, 0.6) is 0 Å². The van der Waals surface area contributed by atoms with Crippen molar-refractivity contribution in [3.63, 3.8) is 0 Å². The van der Waals surface area contributed by atoms with Gasteiger partial charge in [-0.15, -0.1) is 11.3 Å². The molecule has 2 aromatic rings. The smallest absolute Gasteiger partial charge is 0.308 e. The number of carboxylic acids is 1. The average molecular weight is 220 g/mol. The Morgan fingerprint density at radius 2 is 2.13 bits per heavy atom. The molecule has 5 heteroatoms. The third kappa shape index (κ3) is 2.38. The lowest BCUT2D eigenvalue weighted by molar-refractivity contribution is -0.136. The second kappa shape index (κ2) is 4.18. The Balaban J connectivity index is 2.24. The molecular formula is C10H8N2O2S. The van der Waals surface area contributed by atoms with Crippen LogP contribution in [0, 0.1) is 0 Å². The first kappa shape index (κ1) is 9.79. The Labute approximate surface area is 90.3 Å². The summed E-state index contributed by atoms with van der Waals surface area (Å²) >= 11 is 1.39. The molecule has 0 aliphatic heterocycles. The summed E-state index contributed by atoms with van der Waals surface area (Å²) in [6.45, 7) is 0. The molecule has 0 aliphatic carbocycles. The van der Waals surface area contributed by atoms with Crippen LogP contribution < -0.4 is 0 Å². The van der Waals surface area contributed by atoms with Crippen molar-refractivity contribution in [2.24, 2.45) is 0 Å². The number of carboxylic acid groups (broad SMARTS) is 1. The monoisotopic (exact) mass is 220 g/mol. The molecule has 0 fully saturated rings. The molecule has 2 heterocycles. The maximum absolute atomic E-state index is 10.5. The molecule has 0 saturated carbocycles. The number of nitrogens with zero attached hydrogens (tertiary/aromatic N) is 2. The van der Waals surface area contributed by atoms with E-state index in [0.717, 1.165) is 15.4 Å². The minimum atomic E-state index is -0.833. The minimum absolute atomic E-state index is 0.0305. The van der Waals surface area contributed by atoms with E-state index in [-0.39, 0.29) is 6.42 Å². The summed E-state index contributed by atoms with van der Waals surface area (Å²) in [4.78, 5) is 19.3. The number of aromatic nitrogens is 2. The number of pyridine rings is 1. The van der Waals surface area contributed by atoms with Gasteiger partial charge in [0.2, 0.25) is 0 Å². The quantitative estimate of drug-likeness (QED) is 0.857. The van der Waals surface area contributed by atoms with Gasteiger partial charge in [0.25, 0.3) is 0 Å². The Morgan fingerprint density at radius 3 is 2.80 bits per heavy atom. The van der Waals surface area contributed by atoms with Crippen molar-refractivity contribution in [3.05, 3.63) is 35.6 Å². The second-order valence-electron chi connectivity index (χ2n) is 2.94. The van der Waals surface area contributed by atoms with Crippen molar-refractivity contribution in [2.45, 2.75) is 6.42 Å². The van der Waals surface area contributed by atoms with Gasteiger partial charge in [0.05, 0.1) is 6.42 Å². The highest BCUT2D eigenvalue weighted by Crippen LogP contribution is 2.24. The van der Waals surface area contributed by atoms with E-state index in [2.05, 4.69) is 9.97 Å². The van der Waals surface area contributed by atoms with Crippen LogP contribution in [0.3, 0.4) is 0 Å². The zero-order valence-electron chi connectivity index (χ0n) is 7.75. The molecule has 15 heavy (non-hydrogen) atoms. The highest BCUT2D eigenvalue weighted by atomic mass is 32.1. The first-order valence-electron chi connectivity index (χ1n) is 4.32. The van der Waals surface area contributed by atoms with Crippen molar-refractivity contribution in [3.8, 4) is 10.6 Å². The van der Waals surface area contributed by atoms with E-state index in [1.165, 1.54) is 11.3 Å². The van der Waals surface area contributed by atoms with Crippen molar-refractivity contribution < 1.29 is 9.90 Å². The molecule has 76 valence electrons. The number of hydrogen-bond donors (Lipinski definition) is 1. The summed E-state index contributed by atoms with van der Waals surface area (Å²) in [5, 5.41) is 9.44. The highest BCUT2D eigenvalue weighted by Gasteiger charge is 2.07. The van der Waals surface area contributed by atoms with Gasteiger partial charge in [0.15, 0.2) is 0 Å². The van der Waals surface area contributed by atoms with E-state index >= 15 is 0 Å². The molecule has 0 atom stereocenters. The zero-order chi connectivity index (χ0) is 10.7. The Morgan fingerprint density at radius 1 is 1.40 bits per heavy atom. The second-order valence-corrected chi connectivity index (χ2v) is 4.05. The van der Waals surface area contributed by atoms with Crippen LogP contribution in [0.1, 0.15) is 4.88 Å². The van der Waals surface area contributed by atoms with E-state index in [1.807, 2.05) is 12.1 Å². The van der Waals surface area contributed by atoms with Crippen LogP contribution in [-0.4, -0.2) is 21.0 Å². The summed E-state index contributed by atoms with van der Waals surface area (Å²) in [5.41, 5.74) is 0.964. The van der Waals surface area contributed by atoms with Crippen LogP contribution in [0.15, 0.2) is 30.7 Å². The molecule has 0 bridgehead atoms. The fourth-order valence-electron chi connectivity index (χ4n) is 1.17. The van der Waals surface area contributed by atoms with Crippen LogP contribution >= 0.6 is 11.3 Å². The predicted octanol–water partition coefficient (Wildman–Crippen LogP) is 1.83. The molecule has 2 aromatic heterocycles. The van der Waals surface area contributed by atoms with E-state index in [1.54, 1.807) is 18.6 Å². The number of hydrogen-bond acceptors (Lipinski definition) is 4. The number of rotatable bonds is 3. The normalized spacial score (nSPS) is 10.1. The largest absolute Gasteiger partial charge is 0.481 e. The van der Waals surface area contributed by atoms with Crippen molar-refractivity contribution in [2.75, 3.05) is 0 Å². The van der Waals surface area contributed by atoms with Crippen LogP contribution in [-0.2, 0) is 11.2 Å². The predicted molar refractivity (Wildman–Crippen MR) is 56.7 cm³/mol. The molecular weight excluding hydrogens is 212 g/mol. The van der Waals surface area contributed by atoms with E-state index in [0.29, 0.717) is 0 Å². The Kier molecular flexibility index (Phi) is 2.73. The standard InChI is InChI=1S/C10H8N2O2S/c13-9(14)5-8-6-12-10(15-8)7-1-3-11-4-2-7/h1-4,6H,5H2,(H,13,14). The number of aliphatic carboxylic acids is 1. The lowest BCUT2D eigenvalue weighted by Gasteiger charge is -1.92. The average Bonchev–Trinajstić information content (AvgIpc) is 2.67. The van der Waals surface area contributed by atoms with Gasteiger partial charge in [-0.25, -0.2) is 4.98 Å². The van der Waals surface area contributed by atoms with Gasteiger partial charge >= 0.3 is 5.97 Å². The van der Waals surface area contributed by atoms with E-state index in [4.69, 9.17) is 5.11 Å². The van der Waals surface area contributed by atoms with Crippen molar-refractivity contribution >= 4 is 17.3 Å². The lowest BCUT2D eigenvalue weighted by Crippen LogP contribution is -1.97. The van der Waals surface area contributed by atoms with Gasteiger partial charge < -0.3 is 5.11 Å². The summed E-state index contributed by atoms with van der Waals surface area (Å²) in [5.74, 6) is -0.833. The Bertz CT molecular complexity index is 467. The molecule has 4 nitrogen and oxygen atoms in total. The number of thiazole rings is 1. The lowest BCUT2D eigenvalue weighted by atomic mass is 10.3. The third-order valence-electron chi connectivity index (χ3n) is 1.81. The number of carbonyl (C=O) groups is 1. The van der Waals surface area contributed by atoms with Gasteiger partial charge in [-0.1, -0.05) is 0 Å². The van der Waals surface area contributed by atoms with Crippen LogP contribution in [0.4, 0.5) is 0 Å². The fourth-order valence-corrected chi connectivity index (χ4v) is 2.07. The van der Waals surface area contributed by atoms with Gasteiger partial charge in [-0.3, -0.25) is 9.78 Å². The fraction of sp³-hybridized carbons (Fsp3) is 0.100. The molecule has 2 rings (SSSR count). The molecule has 0 radical (unpaired) electrons. The van der Waals surface area contributed by atoms with E-state index < -0.39 is 5.97 Å². The highest BCUT2D eigenvalue weighted by molar-refractivity contribution is 7.15. The molecule has 0 unspecified atom stereocenters. The summed E-state index contributed by atoms with van der Waals surface area (Å²) in [7, 11) is 0.